The molecule has 0 bridgehead atoms. The molecule has 0 saturated carbocycles. The average Bonchev–Trinajstić information content (AvgIpc) is 2.57. The molecule has 0 aliphatic rings. The number of carbonyl (C=O) groups is 1. The average molecular weight is 364 g/mol. The molecule has 0 atom stereocenters. The predicted octanol–water partition coefficient (Wildman–Crippen LogP) is 2.84. The van der Waals surface area contributed by atoms with Crippen LogP contribution in [0.3, 0.4) is 0 Å². The van der Waals surface area contributed by atoms with Gasteiger partial charge < -0.3 is 4.74 Å². The highest BCUT2D eigenvalue weighted by Gasteiger charge is 2.11. The van der Waals surface area contributed by atoms with E-state index in [2.05, 4.69) is 10.3 Å². The number of carbonyl (C=O) groups excluding carboxylic acids is 1. The van der Waals surface area contributed by atoms with Crippen molar-refractivity contribution in [2.24, 2.45) is 0 Å². The third-order valence-corrected chi connectivity index (χ3v) is 3.91. The number of halogens is 2. The van der Waals surface area contributed by atoms with Gasteiger partial charge >= 0.3 is 5.97 Å². The SMILES string of the molecule is O=C(Cc1ccc(Cl)cc1Cl)OCn1nnc2ccccc2c1=O. The molecule has 8 heteroatoms. The van der Waals surface area contributed by atoms with E-state index in [4.69, 9.17) is 27.9 Å². The molecule has 0 amide bonds. The lowest BCUT2D eigenvalue weighted by Crippen LogP contribution is -2.26. The van der Waals surface area contributed by atoms with E-state index >= 15 is 0 Å². The van der Waals surface area contributed by atoms with Gasteiger partial charge in [0.1, 0.15) is 5.52 Å². The normalized spacial score (nSPS) is 10.8. The third kappa shape index (κ3) is 3.55. The molecule has 3 rings (SSSR count). The first kappa shape index (κ1) is 16.4. The fourth-order valence-electron chi connectivity index (χ4n) is 2.11. The highest BCUT2D eigenvalue weighted by atomic mass is 35.5. The molecule has 0 aliphatic carbocycles. The molecule has 1 aromatic heterocycles. The molecule has 0 fully saturated rings. The van der Waals surface area contributed by atoms with Crippen molar-refractivity contribution in [3.8, 4) is 0 Å². The van der Waals surface area contributed by atoms with Crippen LogP contribution in [-0.2, 0) is 22.7 Å². The van der Waals surface area contributed by atoms with Crippen molar-refractivity contribution in [1.29, 1.82) is 0 Å². The summed E-state index contributed by atoms with van der Waals surface area (Å²) >= 11 is 11.8. The Kier molecular flexibility index (Phi) is 4.78. The second-order valence-corrected chi connectivity index (χ2v) is 5.81. The van der Waals surface area contributed by atoms with Crippen LogP contribution in [0.4, 0.5) is 0 Å². The van der Waals surface area contributed by atoms with E-state index in [1.807, 2.05) is 0 Å². The maximum atomic E-state index is 12.2. The molecular weight excluding hydrogens is 353 g/mol. The lowest BCUT2D eigenvalue weighted by atomic mass is 10.1. The summed E-state index contributed by atoms with van der Waals surface area (Å²) in [5.41, 5.74) is 0.693. The van der Waals surface area contributed by atoms with Gasteiger partial charge in [-0.2, -0.15) is 4.68 Å². The molecular formula is C16H11Cl2N3O3. The van der Waals surface area contributed by atoms with Gasteiger partial charge in [-0.3, -0.25) is 9.59 Å². The molecule has 0 N–H and O–H groups in total. The Balaban J connectivity index is 1.70. The number of ether oxygens (including phenoxy) is 1. The van der Waals surface area contributed by atoms with Gasteiger partial charge in [0.05, 0.1) is 11.8 Å². The van der Waals surface area contributed by atoms with Gasteiger partial charge in [-0.1, -0.05) is 46.6 Å². The first-order chi connectivity index (χ1) is 11.5. The highest BCUT2D eigenvalue weighted by molar-refractivity contribution is 6.35. The summed E-state index contributed by atoms with van der Waals surface area (Å²) in [4.78, 5) is 24.1. The fraction of sp³-hybridized carbons (Fsp3) is 0.125. The summed E-state index contributed by atoms with van der Waals surface area (Å²) in [6, 6.07) is 11.6. The number of fused-ring (bicyclic) bond motifs is 1. The Bertz CT molecular complexity index is 972. The molecule has 0 radical (unpaired) electrons. The molecule has 3 aromatic rings. The van der Waals surface area contributed by atoms with Crippen LogP contribution in [0.25, 0.3) is 10.9 Å². The quantitative estimate of drug-likeness (QED) is 0.666. The van der Waals surface area contributed by atoms with Crippen molar-refractivity contribution in [1.82, 2.24) is 15.0 Å². The highest BCUT2D eigenvalue weighted by Crippen LogP contribution is 2.21. The van der Waals surface area contributed by atoms with Gasteiger partial charge in [-0.15, -0.1) is 5.10 Å². The maximum Gasteiger partial charge on any atom is 0.312 e. The van der Waals surface area contributed by atoms with E-state index in [9.17, 15) is 9.59 Å². The number of benzene rings is 2. The minimum absolute atomic E-state index is 0.0359. The summed E-state index contributed by atoms with van der Waals surface area (Å²) in [7, 11) is 0. The zero-order valence-electron chi connectivity index (χ0n) is 12.3. The van der Waals surface area contributed by atoms with Gasteiger partial charge in [0, 0.05) is 10.0 Å². The molecule has 0 unspecified atom stereocenters. The largest absolute Gasteiger partial charge is 0.442 e. The molecule has 6 nitrogen and oxygen atoms in total. The van der Waals surface area contributed by atoms with Gasteiger partial charge in [0.25, 0.3) is 5.56 Å². The van der Waals surface area contributed by atoms with Gasteiger partial charge in [0.2, 0.25) is 0 Å². The fourth-order valence-corrected chi connectivity index (χ4v) is 2.59. The molecule has 0 spiro atoms. The van der Waals surface area contributed by atoms with Crippen molar-refractivity contribution < 1.29 is 9.53 Å². The van der Waals surface area contributed by atoms with E-state index in [-0.39, 0.29) is 18.7 Å². The Morgan fingerprint density at radius 3 is 2.75 bits per heavy atom. The van der Waals surface area contributed by atoms with Crippen LogP contribution in [0, 0.1) is 0 Å². The van der Waals surface area contributed by atoms with E-state index in [1.165, 1.54) is 0 Å². The van der Waals surface area contributed by atoms with Crippen molar-refractivity contribution in [2.45, 2.75) is 13.2 Å². The van der Waals surface area contributed by atoms with E-state index < -0.39 is 5.97 Å². The topological polar surface area (TPSA) is 74.1 Å². The number of rotatable bonds is 4. The Labute approximate surface area is 146 Å². The lowest BCUT2D eigenvalue weighted by molar-refractivity contribution is -0.147. The smallest absolute Gasteiger partial charge is 0.312 e. The van der Waals surface area contributed by atoms with Crippen molar-refractivity contribution in [3.63, 3.8) is 0 Å². The minimum Gasteiger partial charge on any atom is -0.442 e. The van der Waals surface area contributed by atoms with Crippen LogP contribution in [0.2, 0.25) is 10.0 Å². The zero-order valence-corrected chi connectivity index (χ0v) is 13.8. The van der Waals surface area contributed by atoms with Crippen LogP contribution in [-0.4, -0.2) is 21.0 Å². The van der Waals surface area contributed by atoms with Crippen LogP contribution in [0.5, 0.6) is 0 Å². The van der Waals surface area contributed by atoms with Crippen molar-refractivity contribution in [2.75, 3.05) is 0 Å². The summed E-state index contributed by atoms with van der Waals surface area (Å²) in [6.45, 7) is -0.319. The number of aromatic nitrogens is 3. The molecule has 24 heavy (non-hydrogen) atoms. The lowest BCUT2D eigenvalue weighted by Gasteiger charge is -2.07. The Hall–Kier alpha value is -2.44. The standard InChI is InChI=1S/C16H11Cl2N3O3/c17-11-6-5-10(13(18)8-11)7-15(22)24-9-21-16(23)12-3-1-2-4-14(12)19-20-21/h1-6,8H,7,9H2. The summed E-state index contributed by atoms with van der Waals surface area (Å²) < 4.78 is 6.07. The predicted molar refractivity (Wildman–Crippen MR) is 90.1 cm³/mol. The summed E-state index contributed by atoms with van der Waals surface area (Å²) in [5.74, 6) is -0.541. The van der Waals surface area contributed by atoms with Crippen LogP contribution >= 0.6 is 23.2 Å². The van der Waals surface area contributed by atoms with Crippen LogP contribution in [0.15, 0.2) is 47.3 Å². The third-order valence-electron chi connectivity index (χ3n) is 3.33. The first-order valence-corrected chi connectivity index (χ1v) is 7.72. The minimum atomic E-state index is -0.541. The number of nitrogens with zero attached hydrogens (tertiary/aromatic N) is 3. The molecule has 0 saturated heterocycles. The summed E-state index contributed by atoms with van der Waals surface area (Å²) in [5, 5.41) is 8.93. The van der Waals surface area contributed by atoms with Crippen molar-refractivity contribution >= 4 is 40.1 Å². The number of esters is 1. The van der Waals surface area contributed by atoms with Crippen LogP contribution < -0.4 is 5.56 Å². The maximum absolute atomic E-state index is 12.2. The zero-order chi connectivity index (χ0) is 17.1. The second-order valence-electron chi connectivity index (χ2n) is 4.97. The van der Waals surface area contributed by atoms with E-state index in [1.54, 1.807) is 42.5 Å². The molecule has 0 aliphatic heterocycles. The second kappa shape index (κ2) is 6.98. The number of hydrogen-bond donors (Lipinski definition) is 0. The van der Waals surface area contributed by atoms with Gasteiger partial charge in [-0.05, 0) is 29.8 Å². The van der Waals surface area contributed by atoms with Crippen LogP contribution in [0.1, 0.15) is 5.56 Å². The number of hydrogen-bond acceptors (Lipinski definition) is 5. The van der Waals surface area contributed by atoms with E-state index in [0.717, 1.165) is 4.68 Å². The van der Waals surface area contributed by atoms with E-state index in [0.29, 0.717) is 26.5 Å². The molecule has 1 heterocycles. The Morgan fingerprint density at radius 2 is 1.96 bits per heavy atom. The first-order valence-electron chi connectivity index (χ1n) is 6.96. The van der Waals surface area contributed by atoms with Gasteiger partial charge in [0.15, 0.2) is 6.73 Å². The molecule has 122 valence electrons. The molecule has 2 aromatic carbocycles. The van der Waals surface area contributed by atoms with Gasteiger partial charge in [-0.25, -0.2) is 0 Å². The van der Waals surface area contributed by atoms with Crippen molar-refractivity contribution in [3.05, 3.63) is 68.4 Å². The summed E-state index contributed by atoms with van der Waals surface area (Å²) in [6.07, 6.45) is -0.0359. The Morgan fingerprint density at radius 1 is 1.17 bits per heavy atom. The monoisotopic (exact) mass is 363 g/mol.